The van der Waals surface area contributed by atoms with Crippen molar-refractivity contribution >= 4 is 17.6 Å². The van der Waals surface area contributed by atoms with Crippen LogP contribution in [0.4, 0.5) is 10.5 Å². The normalized spacial score (nSPS) is 22.2. The van der Waals surface area contributed by atoms with E-state index in [0.29, 0.717) is 13.0 Å². The number of nitrogens with zero attached hydrogens (tertiary/aromatic N) is 1. The number of urea groups is 1. The zero-order valence-electron chi connectivity index (χ0n) is 13.7. The molecule has 2 fully saturated rings. The van der Waals surface area contributed by atoms with E-state index in [0.717, 1.165) is 18.5 Å². The summed E-state index contributed by atoms with van der Waals surface area (Å²) in [6, 6.07) is 7.94. The fraction of sp³-hybridized carbons (Fsp3) is 0.556. The summed E-state index contributed by atoms with van der Waals surface area (Å²) in [6.07, 6.45) is 6.13. The predicted octanol–water partition coefficient (Wildman–Crippen LogP) is 2.73. The van der Waals surface area contributed by atoms with Gasteiger partial charge in [-0.15, -0.1) is 0 Å². The molecule has 1 aliphatic heterocycles. The highest BCUT2D eigenvalue weighted by Gasteiger charge is 2.31. The Kier molecular flexibility index (Phi) is 4.84. The maximum atomic E-state index is 12.2. The Balaban J connectivity index is 1.52. The van der Waals surface area contributed by atoms with E-state index < -0.39 is 0 Å². The molecule has 2 aliphatic rings. The van der Waals surface area contributed by atoms with E-state index in [4.69, 9.17) is 0 Å². The molecule has 1 saturated carbocycles. The largest absolute Gasteiger partial charge is 0.335 e. The van der Waals surface area contributed by atoms with Gasteiger partial charge in [0.1, 0.15) is 0 Å². The van der Waals surface area contributed by atoms with Gasteiger partial charge in [-0.1, -0.05) is 37.0 Å². The fourth-order valence-corrected chi connectivity index (χ4v) is 3.44. The van der Waals surface area contributed by atoms with E-state index in [-0.39, 0.29) is 24.0 Å². The van der Waals surface area contributed by atoms with Gasteiger partial charge in [-0.3, -0.25) is 4.79 Å². The van der Waals surface area contributed by atoms with Crippen LogP contribution in [0.2, 0.25) is 0 Å². The number of hydrogen-bond donors (Lipinski definition) is 2. The molecule has 0 unspecified atom stereocenters. The van der Waals surface area contributed by atoms with E-state index in [9.17, 15) is 9.59 Å². The van der Waals surface area contributed by atoms with Crippen molar-refractivity contribution in [1.82, 2.24) is 10.6 Å². The second kappa shape index (κ2) is 7.02. The van der Waals surface area contributed by atoms with Crippen LogP contribution in [0.1, 0.15) is 44.1 Å². The van der Waals surface area contributed by atoms with Crippen LogP contribution in [0, 0.1) is 6.92 Å². The van der Waals surface area contributed by atoms with Gasteiger partial charge in [-0.2, -0.15) is 0 Å². The van der Waals surface area contributed by atoms with Gasteiger partial charge in [0, 0.05) is 24.7 Å². The average Bonchev–Trinajstić information content (AvgIpc) is 2.89. The molecule has 2 N–H and O–H groups in total. The van der Waals surface area contributed by atoms with Crippen molar-refractivity contribution in [3.8, 4) is 0 Å². The van der Waals surface area contributed by atoms with Crippen molar-refractivity contribution in [3.05, 3.63) is 29.8 Å². The van der Waals surface area contributed by atoms with Crippen LogP contribution in [0.5, 0.6) is 0 Å². The molecule has 0 radical (unpaired) electrons. The van der Waals surface area contributed by atoms with Crippen LogP contribution in [-0.4, -0.2) is 30.6 Å². The monoisotopic (exact) mass is 315 g/mol. The SMILES string of the molecule is Cc1ccc(N2C[C@@H](NC(=O)NC3CCCCC3)CC2=O)cc1. The minimum absolute atomic E-state index is 0.0665. The minimum atomic E-state index is -0.138. The number of benzene rings is 1. The fourth-order valence-electron chi connectivity index (χ4n) is 3.44. The van der Waals surface area contributed by atoms with Crippen molar-refractivity contribution in [2.45, 2.75) is 57.5 Å². The van der Waals surface area contributed by atoms with E-state index in [1.54, 1.807) is 4.90 Å². The highest BCUT2D eigenvalue weighted by Crippen LogP contribution is 2.22. The number of amides is 3. The first-order valence-corrected chi connectivity index (χ1v) is 8.56. The summed E-state index contributed by atoms with van der Waals surface area (Å²) in [5.74, 6) is 0.0665. The van der Waals surface area contributed by atoms with Gasteiger partial charge in [0.05, 0.1) is 6.04 Å². The van der Waals surface area contributed by atoms with Crippen LogP contribution in [0.3, 0.4) is 0 Å². The van der Waals surface area contributed by atoms with Crippen LogP contribution in [0.15, 0.2) is 24.3 Å². The molecule has 1 aromatic rings. The number of rotatable bonds is 3. The Morgan fingerprint density at radius 3 is 2.39 bits per heavy atom. The molecule has 0 spiro atoms. The smallest absolute Gasteiger partial charge is 0.315 e. The van der Waals surface area contributed by atoms with Crippen LogP contribution >= 0.6 is 0 Å². The Morgan fingerprint density at radius 2 is 1.70 bits per heavy atom. The summed E-state index contributed by atoms with van der Waals surface area (Å²) in [5, 5.41) is 6.00. The molecule has 1 aliphatic carbocycles. The lowest BCUT2D eigenvalue weighted by Crippen LogP contribution is -2.47. The molecule has 3 amide bonds. The molecule has 1 saturated heterocycles. The predicted molar refractivity (Wildman–Crippen MR) is 90.5 cm³/mol. The van der Waals surface area contributed by atoms with Crippen LogP contribution in [-0.2, 0) is 4.79 Å². The molecular formula is C18H25N3O2. The van der Waals surface area contributed by atoms with E-state index >= 15 is 0 Å². The Hall–Kier alpha value is -2.04. The molecular weight excluding hydrogens is 290 g/mol. The first-order chi connectivity index (χ1) is 11.1. The lowest BCUT2D eigenvalue weighted by molar-refractivity contribution is -0.117. The summed E-state index contributed by atoms with van der Waals surface area (Å²) >= 11 is 0. The topological polar surface area (TPSA) is 61.4 Å². The summed E-state index contributed by atoms with van der Waals surface area (Å²) < 4.78 is 0. The molecule has 3 rings (SSSR count). The average molecular weight is 315 g/mol. The van der Waals surface area contributed by atoms with Gasteiger partial charge in [0.25, 0.3) is 0 Å². The third-order valence-electron chi connectivity index (χ3n) is 4.75. The van der Waals surface area contributed by atoms with E-state index in [2.05, 4.69) is 10.6 Å². The zero-order valence-corrected chi connectivity index (χ0v) is 13.7. The maximum Gasteiger partial charge on any atom is 0.315 e. The van der Waals surface area contributed by atoms with E-state index in [1.807, 2.05) is 31.2 Å². The summed E-state index contributed by atoms with van der Waals surface area (Å²) in [4.78, 5) is 26.1. The van der Waals surface area contributed by atoms with Gasteiger partial charge in [-0.25, -0.2) is 4.79 Å². The number of carbonyl (C=O) groups excluding carboxylic acids is 2. The second-order valence-electron chi connectivity index (χ2n) is 6.69. The molecule has 5 nitrogen and oxygen atoms in total. The van der Waals surface area contributed by atoms with Crippen LogP contribution < -0.4 is 15.5 Å². The summed E-state index contributed by atoms with van der Waals surface area (Å²) in [7, 11) is 0. The van der Waals surface area contributed by atoms with Crippen molar-refractivity contribution in [2.75, 3.05) is 11.4 Å². The molecule has 124 valence electrons. The highest BCUT2D eigenvalue weighted by molar-refractivity contribution is 5.96. The molecule has 1 atom stereocenters. The number of anilines is 1. The quantitative estimate of drug-likeness (QED) is 0.901. The lowest BCUT2D eigenvalue weighted by atomic mass is 9.96. The number of aryl methyl sites for hydroxylation is 1. The van der Waals surface area contributed by atoms with Crippen LogP contribution in [0.25, 0.3) is 0 Å². The third-order valence-corrected chi connectivity index (χ3v) is 4.75. The minimum Gasteiger partial charge on any atom is -0.335 e. The first kappa shape index (κ1) is 15.8. The van der Waals surface area contributed by atoms with Crippen molar-refractivity contribution < 1.29 is 9.59 Å². The van der Waals surface area contributed by atoms with E-state index in [1.165, 1.54) is 24.8 Å². The Morgan fingerprint density at radius 1 is 1.04 bits per heavy atom. The Bertz CT molecular complexity index is 564. The number of nitrogens with one attached hydrogen (secondary N) is 2. The number of hydrogen-bond acceptors (Lipinski definition) is 2. The molecule has 1 heterocycles. The summed E-state index contributed by atoms with van der Waals surface area (Å²) in [6.45, 7) is 2.57. The Labute approximate surface area is 137 Å². The molecule has 1 aromatic carbocycles. The van der Waals surface area contributed by atoms with Crippen molar-refractivity contribution in [2.24, 2.45) is 0 Å². The van der Waals surface area contributed by atoms with Gasteiger partial charge in [0.2, 0.25) is 5.91 Å². The maximum absolute atomic E-state index is 12.2. The van der Waals surface area contributed by atoms with Crippen molar-refractivity contribution in [1.29, 1.82) is 0 Å². The first-order valence-electron chi connectivity index (χ1n) is 8.56. The van der Waals surface area contributed by atoms with Gasteiger partial charge < -0.3 is 15.5 Å². The van der Waals surface area contributed by atoms with Gasteiger partial charge in [0.15, 0.2) is 0 Å². The van der Waals surface area contributed by atoms with Gasteiger partial charge in [-0.05, 0) is 31.9 Å². The second-order valence-corrected chi connectivity index (χ2v) is 6.69. The highest BCUT2D eigenvalue weighted by atomic mass is 16.2. The number of carbonyl (C=O) groups is 2. The zero-order chi connectivity index (χ0) is 16.2. The van der Waals surface area contributed by atoms with Crippen molar-refractivity contribution in [3.63, 3.8) is 0 Å². The molecule has 0 bridgehead atoms. The molecule has 0 aromatic heterocycles. The summed E-state index contributed by atoms with van der Waals surface area (Å²) in [5.41, 5.74) is 2.07. The van der Waals surface area contributed by atoms with Gasteiger partial charge >= 0.3 is 6.03 Å². The molecule has 23 heavy (non-hydrogen) atoms. The lowest BCUT2D eigenvalue weighted by Gasteiger charge is -2.24. The third kappa shape index (κ3) is 4.03. The molecule has 5 heteroatoms. The standard InChI is InChI=1S/C18H25N3O2/c1-13-7-9-16(10-8-13)21-12-15(11-17(21)22)20-18(23)19-14-5-3-2-4-6-14/h7-10,14-15H,2-6,11-12H2,1H3,(H2,19,20,23)/t15-/m0/s1.